The summed E-state index contributed by atoms with van der Waals surface area (Å²) in [5.41, 5.74) is 9.26. The van der Waals surface area contributed by atoms with Crippen LogP contribution in [0.15, 0.2) is 180 Å². The predicted octanol–water partition coefficient (Wildman–Crippen LogP) is 12.9. The fraction of sp³-hybridized carbons (Fsp3) is 0. The maximum absolute atomic E-state index is 6.12. The monoisotopic (exact) mass is 735 g/mol. The molecule has 11 aromatic rings. The molecule has 0 bridgehead atoms. The van der Waals surface area contributed by atoms with E-state index < -0.39 is 0 Å². The summed E-state index contributed by atoms with van der Waals surface area (Å²) in [6, 6.07) is 59.9. The molecule has 7 aromatic carbocycles. The van der Waals surface area contributed by atoms with Gasteiger partial charge in [0.25, 0.3) is 0 Å². The Labute approximate surface area is 325 Å². The highest BCUT2D eigenvalue weighted by atomic mass is 32.1. The Bertz CT molecular complexity index is 3190. The minimum absolute atomic E-state index is 0.601. The summed E-state index contributed by atoms with van der Waals surface area (Å²) in [5.74, 6) is 2.52. The second-order valence-electron chi connectivity index (χ2n) is 13.7. The SMILES string of the molecule is c1ccc(-c2cc(-c3ccccc3)nc(-c3cccc4sc5cc(-c6nc(-c7ccccc7)nc(-c7ccc8oc9ccccc9c8c7)n6)ccc5c34)n2)cc1. The third-order valence-corrected chi connectivity index (χ3v) is 11.3. The van der Waals surface area contributed by atoms with Crippen molar-refractivity contribution < 1.29 is 4.42 Å². The van der Waals surface area contributed by atoms with Crippen LogP contribution in [0.4, 0.5) is 0 Å². The van der Waals surface area contributed by atoms with Crippen LogP contribution in [-0.2, 0) is 0 Å². The van der Waals surface area contributed by atoms with E-state index in [0.717, 1.165) is 86.9 Å². The zero-order valence-corrected chi connectivity index (χ0v) is 30.6. The second kappa shape index (κ2) is 13.2. The average molecular weight is 736 g/mol. The van der Waals surface area contributed by atoms with Gasteiger partial charge in [-0.3, -0.25) is 0 Å². The van der Waals surface area contributed by atoms with Gasteiger partial charge in [-0.15, -0.1) is 11.3 Å². The van der Waals surface area contributed by atoms with Crippen molar-refractivity contribution >= 4 is 53.4 Å². The Morgan fingerprint density at radius 1 is 0.339 bits per heavy atom. The number of rotatable bonds is 6. The number of para-hydroxylation sites is 1. The van der Waals surface area contributed by atoms with Gasteiger partial charge in [0.05, 0.1) is 11.4 Å². The zero-order chi connectivity index (χ0) is 37.0. The summed E-state index contributed by atoms with van der Waals surface area (Å²) in [4.78, 5) is 25.5. The lowest BCUT2D eigenvalue weighted by Gasteiger charge is -2.10. The van der Waals surface area contributed by atoms with Gasteiger partial charge in [-0.05, 0) is 42.5 Å². The van der Waals surface area contributed by atoms with Crippen LogP contribution in [0, 0.1) is 0 Å². The highest BCUT2D eigenvalue weighted by Gasteiger charge is 2.19. The Morgan fingerprint density at radius 3 is 1.61 bits per heavy atom. The molecule has 56 heavy (non-hydrogen) atoms. The first kappa shape index (κ1) is 32.1. The molecule has 7 heteroatoms. The molecule has 0 aliphatic carbocycles. The zero-order valence-electron chi connectivity index (χ0n) is 29.8. The van der Waals surface area contributed by atoms with E-state index in [9.17, 15) is 0 Å². The summed E-state index contributed by atoms with van der Waals surface area (Å²) >= 11 is 1.75. The number of benzene rings is 7. The maximum Gasteiger partial charge on any atom is 0.164 e. The molecule has 0 radical (unpaired) electrons. The maximum atomic E-state index is 6.12. The molecule has 4 aromatic heterocycles. The third kappa shape index (κ3) is 5.61. The van der Waals surface area contributed by atoms with E-state index in [4.69, 9.17) is 29.3 Å². The van der Waals surface area contributed by atoms with Gasteiger partial charge in [0.15, 0.2) is 23.3 Å². The number of fused-ring (bicyclic) bond motifs is 6. The molecular formula is C49H29N5OS. The quantitative estimate of drug-likeness (QED) is 0.169. The lowest BCUT2D eigenvalue weighted by Crippen LogP contribution is -2.00. The number of aromatic nitrogens is 5. The summed E-state index contributed by atoms with van der Waals surface area (Å²) < 4.78 is 8.41. The smallest absolute Gasteiger partial charge is 0.164 e. The molecule has 0 N–H and O–H groups in total. The number of furan rings is 1. The minimum atomic E-state index is 0.601. The molecule has 262 valence electrons. The summed E-state index contributed by atoms with van der Waals surface area (Å²) in [6.45, 7) is 0. The standard InChI is InChI=1S/C49H29N5OS/c1-4-13-30(14-5-1)39-29-40(31-15-6-2-7-16-31)51-49(50-39)37-20-12-22-43-45(37)36-25-23-34(28-44(36)56-43)48-53-46(32-17-8-3-9-18-32)52-47(54-48)33-24-26-42-38(27-33)35-19-10-11-21-41(35)55-42/h1-29H. The summed E-state index contributed by atoms with van der Waals surface area (Å²) in [5, 5.41) is 4.35. The number of hydrogen-bond acceptors (Lipinski definition) is 7. The van der Waals surface area contributed by atoms with Crippen LogP contribution in [0.5, 0.6) is 0 Å². The van der Waals surface area contributed by atoms with Crippen LogP contribution < -0.4 is 0 Å². The summed E-state index contributed by atoms with van der Waals surface area (Å²) in [6.07, 6.45) is 0. The topological polar surface area (TPSA) is 77.6 Å². The molecule has 0 unspecified atom stereocenters. The van der Waals surface area contributed by atoms with Gasteiger partial charge in [-0.1, -0.05) is 133 Å². The predicted molar refractivity (Wildman–Crippen MR) is 228 cm³/mol. The highest BCUT2D eigenvalue weighted by molar-refractivity contribution is 7.26. The second-order valence-corrected chi connectivity index (χ2v) is 14.8. The lowest BCUT2D eigenvalue weighted by molar-refractivity contribution is 0.669. The van der Waals surface area contributed by atoms with Gasteiger partial charge in [0.2, 0.25) is 0 Å². The molecular weight excluding hydrogens is 707 g/mol. The largest absolute Gasteiger partial charge is 0.456 e. The Morgan fingerprint density at radius 2 is 0.911 bits per heavy atom. The molecule has 11 rings (SSSR count). The minimum Gasteiger partial charge on any atom is -0.456 e. The molecule has 0 amide bonds. The molecule has 4 heterocycles. The molecule has 0 aliphatic heterocycles. The van der Waals surface area contributed by atoms with Crippen LogP contribution in [0.2, 0.25) is 0 Å². The third-order valence-electron chi connectivity index (χ3n) is 10.2. The van der Waals surface area contributed by atoms with Gasteiger partial charge in [0, 0.05) is 64.3 Å². The van der Waals surface area contributed by atoms with Crippen molar-refractivity contribution in [2.45, 2.75) is 0 Å². The fourth-order valence-electron chi connectivity index (χ4n) is 7.45. The van der Waals surface area contributed by atoms with Crippen LogP contribution in [0.25, 0.3) is 110 Å². The fourth-order valence-corrected chi connectivity index (χ4v) is 8.62. The van der Waals surface area contributed by atoms with E-state index in [1.807, 2.05) is 97.1 Å². The molecule has 0 saturated heterocycles. The van der Waals surface area contributed by atoms with E-state index >= 15 is 0 Å². The Hall–Kier alpha value is -7.35. The molecule has 6 nitrogen and oxygen atoms in total. The molecule has 0 atom stereocenters. The highest BCUT2D eigenvalue weighted by Crippen LogP contribution is 2.42. The van der Waals surface area contributed by atoms with Crippen LogP contribution in [-0.4, -0.2) is 24.9 Å². The van der Waals surface area contributed by atoms with Crippen LogP contribution in [0.1, 0.15) is 0 Å². The van der Waals surface area contributed by atoms with Gasteiger partial charge in [-0.2, -0.15) is 0 Å². The molecule has 0 fully saturated rings. The van der Waals surface area contributed by atoms with Crippen molar-refractivity contribution in [3.8, 4) is 68.1 Å². The molecule has 0 aliphatic rings. The van der Waals surface area contributed by atoms with Crippen molar-refractivity contribution in [3.63, 3.8) is 0 Å². The first-order valence-corrected chi connectivity index (χ1v) is 19.2. The number of hydrogen-bond donors (Lipinski definition) is 0. The van der Waals surface area contributed by atoms with Crippen molar-refractivity contribution in [3.05, 3.63) is 176 Å². The van der Waals surface area contributed by atoms with Gasteiger partial charge < -0.3 is 4.42 Å². The van der Waals surface area contributed by atoms with E-state index in [1.165, 1.54) is 0 Å². The van der Waals surface area contributed by atoms with E-state index in [-0.39, 0.29) is 0 Å². The Balaban J connectivity index is 1.06. The van der Waals surface area contributed by atoms with E-state index in [2.05, 4.69) is 78.9 Å². The molecule has 0 spiro atoms. The Kier molecular flexibility index (Phi) is 7.57. The number of nitrogens with zero attached hydrogens (tertiary/aromatic N) is 5. The number of thiophene rings is 1. The summed E-state index contributed by atoms with van der Waals surface area (Å²) in [7, 11) is 0. The first-order valence-electron chi connectivity index (χ1n) is 18.4. The average Bonchev–Trinajstić information content (AvgIpc) is 3.85. The van der Waals surface area contributed by atoms with Crippen LogP contribution in [0.3, 0.4) is 0 Å². The lowest BCUT2D eigenvalue weighted by atomic mass is 10.0. The van der Waals surface area contributed by atoms with Gasteiger partial charge in [0.1, 0.15) is 11.2 Å². The van der Waals surface area contributed by atoms with Crippen molar-refractivity contribution in [1.29, 1.82) is 0 Å². The van der Waals surface area contributed by atoms with E-state index in [0.29, 0.717) is 23.3 Å². The first-order chi connectivity index (χ1) is 27.7. The van der Waals surface area contributed by atoms with Gasteiger partial charge >= 0.3 is 0 Å². The van der Waals surface area contributed by atoms with Crippen molar-refractivity contribution in [2.75, 3.05) is 0 Å². The normalized spacial score (nSPS) is 11.6. The van der Waals surface area contributed by atoms with Crippen molar-refractivity contribution in [1.82, 2.24) is 24.9 Å². The van der Waals surface area contributed by atoms with Crippen molar-refractivity contribution in [2.24, 2.45) is 0 Å². The van der Waals surface area contributed by atoms with Gasteiger partial charge in [-0.25, -0.2) is 24.9 Å². The molecule has 0 saturated carbocycles. The van der Waals surface area contributed by atoms with Crippen LogP contribution >= 0.6 is 11.3 Å². The van der Waals surface area contributed by atoms with E-state index in [1.54, 1.807) is 11.3 Å².